The molecule has 1 aromatic heterocycles. The zero-order valence-corrected chi connectivity index (χ0v) is 12.4. The third-order valence-corrected chi connectivity index (χ3v) is 2.97. The summed E-state index contributed by atoms with van der Waals surface area (Å²) >= 11 is 11.6. The number of amides is 1. The molecule has 20 heavy (non-hydrogen) atoms. The average Bonchev–Trinajstić information content (AvgIpc) is 2.39. The lowest BCUT2D eigenvalue weighted by atomic mass is 10.2. The van der Waals surface area contributed by atoms with E-state index in [2.05, 4.69) is 15.3 Å². The van der Waals surface area contributed by atoms with Crippen LogP contribution in [0.25, 0.3) is 0 Å². The summed E-state index contributed by atoms with van der Waals surface area (Å²) < 4.78 is 0. The highest BCUT2D eigenvalue weighted by atomic mass is 35.5. The maximum Gasteiger partial charge on any atom is 0.275 e. The first-order chi connectivity index (χ1) is 9.47. The fraction of sp³-hybridized carbons (Fsp3) is 0.154. The van der Waals surface area contributed by atoms with E-state index in [9.17, 15) is 4.79 Å². The van der Waals surface area contributed by atoms with Crippen LogP contribution in [0.5, 0.6) is 0 Å². The van der Waals surface area contributed by atoms with Gasteiger partial charge in [0.15, 0.2) is 0 Å². The van der Waals surface area contributed by atoms with Crippen molar-refractivity contribution in [3.63, 3.8) is 0 Å². The number of carbonyl (C=O) groups is 1. The minimum absolute atomic E-state index is 0.180. The van der Waals surface area contributed by atoms with Gasteiger partial charge in [0.1, 0.15) is 10.8 Å². The zero-order valence-electron chi connectivity index (χ0n) is 10.9. The molecule has 0 saturated heterocycles. The maximum absolute atomic E-state index is 12.1. The molecule has 0 unspecified atom stereocenters. The number of hydrogen-bond acceptors (Lipinski definition) is 4. The van der Waals surface area contributed by atoms with Gasteiger partial charge in [-0.2, -0.15) is 0 Å². The highest BCUT2D eigenvalue weighted by Crippen LogP contribution is 2.28. The molecule has 0 spiro atoms. The van der Waals surface area contributed by atoms with Gasteiger partial charge in [0.2, 0.25) is 0 Å². The Bertz CT molecular complexity index is 629. The summed E-state index contributed by atoms with van der Waals surface area (Å²) in [6, 6.07) is 5.26. The lowest BCUT2D eigenvalue weighted by molar-refractivity contribution is 0.102. The second-order valence-electron chi connectivity index (χ2n) is 4.23. The van der Waals surface area contributed by atoms with E-state index in [4.69, 9.17) is 23.2 Å². The van der Waals surface area contributed by atoms with E-state index in [1.54, 1.807) is 12.1 Å². The molecule has 0 aliphatic heterocycles. The molecule has 2 rings (SSSR count). The van der Waals surface area contributed by atoms with Crippen molar-refractivity contribution in [2.75, 3.05) is 24.3 Å². The van der Waals surface area contributed by atoms with Crippen molar-refractivity contribution in [3.8, 4) is 0 Å². The zero-order chi connectivity index (χ0) is 14.7. The van der Waals surface area contributed by atoms with Gasteiger partial charge in [0.25, 0.3) is 5.91 Å². The van der Waals surface area contributed by atoms with E-state index in [-0.39, 0.29) is 16.8 Å². The fourth-order valence-electron chi connectivity index (χ4n) is 1.61. The summed E-state index contributed by atoms with van der Waals surface area (Å²) in [6.07, 6.45) is 2.64. The van der Waals surface area contributed by atoms with Crippen molar-refractivity contribution >= 4 is 40.5 Å². The van der Waals surface area contributed by atoms with Crippen LogP contribution in [-0.4, -0.2) is 30.0 Å². The number of nitrogens with one attached hydrogen (secondary N) is 1. The Kier molecular flexibility index (Phi) is 4.42. The van der Waals surface area contributed by atoms with Crippen molar-refractivity contribution in [2.45, 2.75) is 0 Å². The van der Waals surface area contributed by atoms with Gasteiger partial charge in [-0.3, -0.25) is 4.79 Å². The minimum Gasteiger partial charge on any atom is -0.376 e. The Balaban J connectivity index is 2.27. The summed E-state index contributed by atoms with van der Waals surface area (Å²) in [5.41, 5.74) is 1.62. The number of aromatic nitrogens is 2. The van der Waals surface area contributed by atoms with Crippen molar-refractivity contribution < 1.29 is 4.79 Å². The smallest absolute Gasteiger partial charge is 0.275 e. The highest BCUT2D eigenvalue weighted by Gasteiger charge is 2.12. The van der Waals surface area contributed by atoms with Crippen LogP contribution in [-0.2, 0) is 0 Å². The van der Waals surface area contributed by atoms with Gasteiger partial charge in [-0.25, -0.2) is 9.97 Å². The molecule has 0 fully saturated rings. The summed E-state index contributed by atoms with van der Waals surface area (Å²) in [7, 11) is 3.75. The molecule has 7 heteroatoms. The van der Waals surface area contributed by atoms with Crippen LogP contribution in [0.4, 0.5) is 11.4 Å². The molecule has 1 heterocycles. The van der Waals surface area contributed by atoms with E-state index < -0.39 is 0 Å². The van der Waals surface area contributed by atoms with Crippen molar-refractivity contribution in [1.29, 1.82) is 0 Å². The van der Waals surface area contributed by atoms with Crippen LogP contribution in [0, 0.1) is 0 Å². The second-order valence-corrected chi connectivity index (χ2v) is 5.06. The van der Waals surface area contributed by atoms with Crippen molar-refractivity contribution in [1.82, 2.24) is 9.97 Å². The van der Waals surface area contributed by atoms with E-state index in [0.717, 1.165) is 5.69 Å². The van der Waals surface area contributed by atoms with Gasteiger partial charge in [0.05, 0.1) is 23.8 Å². The molecule has 0 bridgehead atoms. The Morgan fingerprint density at radius 2 is 1.95 bits per heavy atom. The Morgan fingerprint density at radius 3 is 2.55 bits per heavy atom. The predicted octanol–water partition coefficient (Wildman–Crippen LogP) is 3.10. The molecule has 5 nitrogen and oxygen atoms in total. The molecular formula is C13H12Cl2N4O. The normalized spacial score (nSPS) is 10.2. The van der Waals surface area contributed by atoms with Gasteiger partial charge in [-0.1, -0.05) is 23.2 Å². The van der Waals surface area contributed by atoms with Crippen LogP contribution >= 0.6 is 23.2 Å². The number of rotatable bonds is 3. The van der Waals surface area contributed by atoms with Crippen molar-refractivity contribution in [2.24, 2.45) is 0 Å². The van der Waals surface area contributed by atoms with Gasteiger partial charge in [-0.05, 0) is 18.2 Å². The predicted molar refractivity (Wildman–Crippen MR) is 80.8 cm³/mol. The topological polar surface area (TPSA) is 58.1 Å². The summed E-state index contributed by atoms with van der Waals surface area (Å²) in [5.74, 6) is -0.375. The quantitative estimate of drug-likeness (QED) is 0.946. The molecule has 1 aromatic carbocycles. The third-order valence-electron chi connectivity index (χ3n) is 2.54. The number of benzene rings is 1. The average molecular weight is 311 g/mol. The Morgan fingerprint density at radius 1 is 1.20 bits per heavy atom. The van der Waals surface area contributed by atoms with Crippen LogP contribution in [0.3, 0.4) is 0 Å². The van der Waals surface area contributed by atoms with Gasteiger partial charge < -0.3 is 10.2 Å². The number of hydrogen-bond donors (Lipinski definition) is 1. The Labute approximate surface area is 126 Å². The lowest BCUT2D eigenvalue weighted by Gasteiger charge is -2.18. The van der Waals surface area contributed by atoms with Crippen LogP contribution in [0.15, 0.2) is 30.6 Å². The molecule has 0 aliphatic carbocycles. The fourth-order valence-corrected chi connectivity index (χ4v) is 1.88. The first-order valence-electron chi connectivity index (χ1n) is 5.73. The van der Waals surface area contributed by atoms with E-state index in [0.29, 0.717) is 10.7 Å². The molecule has 1 amide bonds. The van der Waals surface area contributed by atoms with Crippen molar-refractivity contribution in [3.05, 3.63) is 46.5 Å². The third kappa shape index (κ3) is 3.37. The van der Waals surface area contributed by atoms with Gasteiger partial charge >= 0.3 is 0 Å². The molecule has 0 saturated carbocycles. The molecule has 104 valence electrons. The first-order valence-corrected chi connectivity index (χ1v) is 6.49. The standard InChI is InChI=1S/C13H12Cl2N4O/c1-19(2)11-4-3-8(14)5-9(11)18-13(20)10-6-17-12(15)7-16-10/h3-7H,1-2H3,(H,18,20). The summed E-state index contributed by atoms with van der Waals surface area (Å²) in [6.45, 7) is 0. The summed E-state index contributed by atoms with van der Waals surface area (Å²) in [5, 5.41) is 3.53. The molecule has 0 atom stereocenters. The number of carbonyl (C=O) groups excluding carboxylic acids is 1. The highest BCUT2D eigenvalue weighted by molar-refractivity contribution is 6.31. The molecule has 0 aliphatic rings. The van der Waals surface area contributed by atoms with Gasteiger partial charge in [0, 0.05) is 19.1 Å². The monoisotopic (exact) mass is 310 g/mol. The first kappa shape index (κ1) is 14.6. The van der Waals surface area contributed by atoms with E-state index in [1.165, 1.54) is 12.4 Å². The SMILES string of the molecule is CN(C)c1ccc(Cl)cc1NC(=O)c1cnc(Cl)cn1. The lowest BCUT2D eigenvalue weighted by Crippen LogP contribution is -2.17. The van der Waals surface area contributed by atoms with Crippen LogP contribution < -0.4 is 10.2 Å². The largest absolute Gasteiger partial charge is 0.376 e. The van der Waals surface area contributed by atoms with Gasteiger partial charge in [-0.15, -0.1) is 0 Å². The van der Waals surface area contributed by atoms with E-state index in [1.807, 2.05) is 25.1 Å². The molecule has 1 N–H and O–H groups in total. The second kappa shape index (κ2) is 6.07. The molecule has 2 aromatic rings. The number of halogens is 2. The summed E-state index contributed by atoms with van der Waals surface area (Å²) in [4.78, 5) is 21.7. The minimum atomic E-state index is -0.375. The Hall–Kier alpha value is -1.85. The van der Waals surface area contributed by atoms with E-state index >= 15 is 0 Å². The molecular weight excluding hydrogens is 299 g/mol. The number of anilines is 2. The molecule has 0 radical (unpaired) electrons. The van der Waals surface area contributed by atoms with Crippen LogP contribution in [0.2, 0.25) is 10.2 Å². The van der Waals surface area contributed by atoms with Crippen LogP contribution in [0.1, 0.15) is 10.5 Å². The maximum atomic E-state index is 12.1. The number of nitrogens with zero attached hydrogens (tertiary/aromatic N) is 3.